The van der Waals surface area contributed by atoms with E-state index in [1.165, 1.54) is 0 Å². The van der Waals surface area contributed by atoms with Crippen LogP contribution in [0.5, 0.6) is 5.75 Å². The first-order valence-electron chi connectivity index (χ1n) is 5.73. The van der Waals surface area contributed by atoms with E-state index in [0.29, 0.717) is 11.3 Å². The molecule has 0 aromatic heterocycles. The molecule has 0 atom stereocenters. The summed E-state index contributed by atoms with van der Waals surface area (Å²) < 4.78 is 4.99. The van der Waals surface area contributed by atoms with E-state index in [1.54, 1.807) is 24.3 Å². The third kappa shape index (κ3) is 3.16. The first-order chi connectivity index (χ1) is 9.22. The van der Waals surface area contributed by atoms with Crippen LogP contribution < -0.4 is 4.74 Å². The molecule has 0 bridgehead atoms. The van der Waals surface area contributed by atoms with Gasteiger partial charge < -0.3 is 4.74 Å². The predicted molar refractivity (Wildman–Crippen MR) is 73.1 cm³/mol. The lowest BCUT2D eigenvalue weighted by molar-refractivity contribution is -0.128. The molecule has 0 fully saturated rings. The van der Waals surface area contributed by atoms with Crippen LogP contribution in [-0.4, -0.2) is 12.3 Å². The van der Waals surface area contributed by atoms with E-state index in [1.807, 2.05) is 24.3 Å². The summed E-state index contributed by atoms with van der Waals surface area (Å²) in [7, 11) is 0. The van der Waals surface area contributed by atoms with Gasteiger partial charge >= 0.3 is 5.97 Å². The minimum Gasteiger partial charge on any atom is -0.423 e. The van der Waals surface area contributed by atoms with Gasteiger partial charge in [0.1, 0.15) is 12.0 Å². The van der Waals surface area contributed by atoms with E-state index < -0.39 is 5.97 Å². The summed E-state index contributed by atoms with van der Waals surface area (Å²) in [6.45, 7) is 3.34. The van der Waals surface area contributed by atoms with Crippen molar-refractivity contribution in [1.82, 2.24) is 0 Å². The molecule has 0 aliphatic rings. The van der Waals surface area contributed by atoms with Crippen LogP contribution in [0.15, 0.2) is 61.2 Å². The number of carbonyl (C=O) groups excluding carboxylic acids is 2. The summed E-state index contributed by atoms with van der Waals surface area (Å²) >= 11 is 0. The van der Waals surface area contributed by atoms with Crippen LogP contribution in [0.1, 0.15) is 10.4 Å². The Morgan fingerprint density at radius 3 is 1.95 bits per heavy atom. The van der Waals surface area contributed by atoms with Crippen LogP contribution in [0.3, 0.4) is 0 Å². The smallest absolute Gasteiger partial charge is 0.335 e. The fraction of sp³-hybridized carbons (Fsp3) is 0. The predicted octanol–water partition coefficient (Wildman–Crippen LogP) is 3.26. The van der Waals surface area contributed by atoms with Gasteiger partial charge in [0.25, 0.3) is 0 Å². The fourth-order valence-corrected chi connectivity index (χ4v) is 1.63. The highest BCUT2D eigenvalue weighted by Crippen LogP contribution is 2.22. The standard InChI is InChI=1S/C16H12O3/c1-2-16(18)19-15-9-7-14(8-10-15)13-5-3-12(11-17)4-6-13/h2-11H,1H2. The second-order valence-corrected chi connectivity index (χ2v) is 3.89. The van der Waals surface area contributed by atoms with E-state index in [4.69, 9.17) is 4.74 Å². The number of esters is 1. The van der Waals surface area contributed by atoms with Gasteiger partial charge in [-0.1, -0.05) is 43.0 Å². The minimum atomic E-state index is -0.483. The molecule has 19 heavy (non-hydrogen) atoms. The summed E-state index contributed by atoms with van der Waals surface area (Å²) in [5.74, 6) is -0.0127. The van der Waals surface area contributed by atoms with Gasteiger partial charge in [-0.25, -0.2) is 4.79 Å². The van der Waals surface area contributed by atoms with Crippen LogP contribution in [0, 0.1) is 0 Å². The van der Waals surface area contributed by atoms with Gasteiger partial charge in [-0.3, -0.25) is 4.79 Å². The summed E-state index contributed by atoms with van der Waals surface area (Å²) in [5.41, 5.74) is 2.61. The highest BCUT2D eigenvalue weighted by atomic mass is 16.5. The molecule has 0 unspecified atom stereocenters. The van der Waals surface area contributed by atoms with Crippen molar-refractivity contribution in [2.75, 3.05) is 0 Å². The molecule has 0 heterocycles. The molecule has 0 N–H and O–H groups in total. The SMILES string of the molecule is C=CC(=O)Oc1ccc(-c2ccc(C=O)cc2)cc1. The lowest BCUT2D eigenvalue weighted by Gasteiger charge is -2.04. The molecule has 0 aliphatic heterocycles. The molecule has 2 rings (SSSR count). The number of ether oxygens (including phenoxy) is 1. The van der Waals surface area contributed by atoms with Crippen molar-refractivity contribution in [1.29, 1.82) is 0 Å². The lowest BCUT2D eigenvalue weighted by atomic mass is 10.0. The van der Waals surface area contributed by atoms with Crippen molar-refractivity contribution < 1.29 is 14.3 Å². The Morgan fingerprint density at radius 2 is 1.47 bits per heavy atom. The largest absolute Gasteiger partial charge is 0.423 e. The summed E-state index contributed by atoms with van der Waals surface area (Å²) in [6.07, 6.45) is 1.92. The molecule has 2 aromatic rings. The molecular weight excluding hydrogens is 240 g/mol. The number of benzene rings is 2. The second-order valence-electron chi connectivity index (χ2n) is 3.89. The van der Waals surface area contributed by atoms with E-state index in [9.17, 15) is 9.59 Å². The van der Waals surface area contributed by atoms with E-state index in [-0.39, 0.29) is 0 Å². The van der Waals surface area contributed by atoms with E-state index >= 15 is 0 Å². The Hall–Kier alpha value is -2.68. The zero-order valence-corrected chi connectivity index (χ0v) is 10.2. The minimum absolute atomic E-state index is 0.471. The average Bonchev–Trinajstić information content (AvgIpc) is 2.48. The van der Waals surface area contributed by atoms with Gasteiger partial charge in [0.2, 0.25) is 0 Å². The van der Waals surface area contributed by atoms with Gasteiger partial charge in [0, 0.05) is 11.6 Å². The first kappa shape index (κ1) is 12.8. The van der Waals surface area contributed by atoms with Crippen LogP contribution in [0.4, 0.5) is 0 Å². The normalized spacial score (nSPS) is 9.68. The van der Waals surface area contributed by atoms with Gasteiger partial charge in [-0.2, -0.15) is 0 Å². The maximum absolute atomic E-state index is 11.0. The molecule has 94 valence electrons. The van der Waals surface area contributed by atoms with Crippen LogP contribution in [0.2, 0.25) is 0 Å². The fourth-order valence-electron chi connectivity index (χ4n) is 1.63. The molecule has 0 spiro atoms. The Kier molecular flexibility index (Phi) is 3.88. The van der Waals surface area contributed by atoms with Gasteiger partial charge in [-0.15, -0.1) is 0 Å². The highest BCUT2D eigenvalue weighted by molar-refractivity contribution is 5.83. The molecule has 3 nitrogen and oxygen atoms in total. The monoisotopic (exact) mass is 252 g/mol. The molecule has 2 aromatic carbocycles. The zero-order valence-electron chi connectivity index (χ0n) is 10.2. The maximum Gasteiger partial charge on any atom is 0.335 e. The van der Waals surface area contributed by atoms with Gasteiger partial charge in [0.15, 0.2) is 0 Å². The first-order valence-corrected chi connectivity index (χ1v) is 5.73. The molecule has 3 heteroatoms. The van der Waals surface area contributed by atoms with Crippen molar-refractivity contribution in [3.05, 3.63) is 66.7 Å². The third-order valence-electron chi connectivity index (χ3n) is 2.62. The molecule has 0 amide bonds. The van der Waals surface area contributed by atoms with E-state index in [0.717, 1.165) is 23.5 Å². The summed E-state index contributed by atoms with van der Waals surface area (Å²) in [6, 6.07) is 14.4. The maximum atomic E-state index is 11.0. The number of rotatable bonds is 4. The van der Waals surface area contributed by atoms with Crippen molar-refractivity contribution >= 4 is 12.3 Å². The second kappa shape index (κ2) is 5.78. The Balaban J connectivity index is 2.19. The van der Waals surface area contributed by atoms with Crippen LogP contribution in [0.25, 0.3) is 11.1 Å². The quantitative estimate of drug-likeness (QED) is 0.363. The number of carbonyl (C=O) groups is 2. The Bertz CT molecular complexity index is 595. The topological polar surface area (TPSA) is 43.4 Å². The Labute approximate surface area is 111 Å². The number of hydrogen-bond acceptors (Lipinski definition) is 3. The van der Waals surface area contributed by atoms with Crippen molar-refractivity contribution in [3.8, 4) is 16.9 Å². The lowest BCUT2D eigenvalue weighted by Crippen LogP contribution is -2.02. The zero-order chi connectivity index (χ0) is 13.7. The third-order valence-corrected chi connectivity index (χ3v) is 2.62. The number of aldehydes is 1. The van der Waals surface area contributed by atoms with Crippen LogP contribution >= 0.6 is 0 Å². The summed E-state index contributed by atoms with van der Waals surface area (Å²) in [4.78, 5) is 21.6. The molecule has 0 aliphatic carbocycles. The van der Waals surface area contributed by atoms with Crippen molar-refractivity contribution in [2.24, 2.45) is 0 Å². The van der Waals surface area contributed by atoms with E-state index in [2.05, 4.69) is 6.58 Å². The van der Waals surface area contributed by atoms with Crippen molar-refractivity contribution in [3.63, 3.8) is 0 Å². The molecule has 0 saturated carbocycles. The molecule has 0 saturated heterocycles. The van der Waals surface area contributed by atoms with Gasteiger partial charge in [-0.05, 0) is 23.3 Å². The average molecular weight is 252 g/mol. The summed E-state index contributed by atoms with van der Waals surface area (Å²) in [5, 5.41) is 0. The van der Waals surface area contributed by atoms with Gasteiger partial charge in [0.05, 0.1) is 0 Å². The number of hydrogen-bond donors (Lipinski definition) is 0. The molecular formula is C16H12O3. The Morgan fingerprint density at radius 1 is 0.947 bits per heavy atom. The highest BCUT2D eigenvalue weighted by Gasteiger charge is 2.01. The van der Waals surface area contributed by atoms with Crippen LogP contribution in [-0.2, 0) is 4.79 Å². The molecule has 0 radical (unpaired) electrons. The van der Waals surface area contributed by atoms with Crippen molar-refractivity contribution in [2.45, 2.75) is 0 Å².